The fourth-order valence-electron chi connectivity index (χ4n) is 3.25. The van der Waals surface area contributed by atoms with Crippen LogP contribution in [0.2, 0.25) is 0 Å². The predicted octanol–water partition coefficient (Wildman–Crippen LogP) is 2.08. The number of likely N-dealkylation sites (tertiary alicyclic amines) is 1. The number of carbonyl (C=O) groups is 3. The molecular formula is C20H28N2O4. The van der Waals surface area contributed by atoms with Gasteiger partial charge in [0.25, 0.3) is 0 Å². The van der Waals surface area contributed by atoms with Gasteiger partial charge in [-0.15, -0.1) is 0 Å². The van der Waals surface area contributed by atoms with E-state index in [1.54, 1.807) is 4.90 Å². The lowest BCUT2D eigenvalue weighted by molar-refractivity contribution is -0.145. The van der Waals surface area contributed by atoms with Crippen LogP contribution in [-0.4, -0.2) is 46.9 Å². The van der Waals surface area contributed by atoms with Crippen LogP contribution >= 0.6 is 0 Å². The Balaban J connectivity index is 1.95. The molecule has 1 aliphatic heterocycles. The number of piperidine rings is 1. The second kappa shape index (κ2) is 9.36. The zero-order chi connectivity index (χ0) is 19.1. The van der Waals surface area contributed by atoms with Gasteiger partial charge in [-0.3, -0.25) is 9.59 Å². The first-order valence-electron chi connectivity index (χ1n) is 9.27. The van der Waals surface area contributed by atoms with Crippen LogP contribution in [-0.2, 0) is 20.8 Å². The number of carbonyl (C=O) groups excluding carboxylic acids is 2. The molecule has 2 rings (SSSR count). The quantitative estimate of drug-likeness (QED) is 0.779. The molecule has 1 saturated heterocycles. The van der Waals surface area contributed by atoms with Crippen molar-refractivity contribution in [3.63, 3.8) is 0 Å². The molecule has 0 aliphatic carbocycles. The first kappa shape index (κ1) is 19.9. The lowest BCUT2D eigenvalue weighted by atomic mass is 9.94. The molecule has 1 aliphatic rings. The standard InChI is InChI=1S/C20H28N2O4/c1-3-14(2)18(20(25)26)21-19(24)16-10-7-11-22(13-16)17(23)12-15-8-5-4-6-9-15/h4-6,8-9,14,16,18H,3,7,10-13H2,1-2H3,(H,21,24)(H,25,26). The van der Waals surface area contributed by atoms with Crippen LogP contribution in [0.25, 0.3) is 0 Å². The second-order valence-corrected chi connectivity index (χ2v) is 7.05. The summed E-state index contributed by atoms with van der Waals surface area (Å²) in [4.78, 5) is 38.2. The molecule has 1 heterocycles. The molecule has 0 spiro atoms. The third-order valence-corrected chi connectivity index (χ3v) is 5.12. The molecule has 0 bridgehead atoms. The van der Waals surface area contributed by atoms with E-state index < -0.39 is 12.0 Å². The molecule has 1 aromatic carbocycles. The van der Waals surface area contributed by atoms with Gasteiger partial charge in [-0.2, -0.15) is 0 Å². The third-order valence-electron chi connectivity index (χ3n) is 5.12. The van der Waals surface area contributed by atoms with Crippen molar-refractivity contribution in [2.24, 2.45) is 11.8 Å². The number of hydrogen-bond acceptors (Lipinski definition) is 3. The molecule has 26 heavy (non-hydrogen) atoms. The Morgan fingerprint density at radius 1 is 1.27 bits per heavy atom. The van der Waals surface area contributed by atoms with Gasteiger partial charge in [0.1, 0.15) is 6.04 Å². The topological polar surface area (TPSA) is 86.7 Å². The summed E-state index contributed by atoms with van der Waals surface area (Å²) < 4.78 is 0. The Labute approximate surface area is 154 Å². The Morgan fingerprint density at radius 2 is 1.96 bits per heavy atom. The Kier molecular flexibility index (Phi) is 7.18. The number of amides is 2. The average molecular weight is 360 g/mol. The molecule has 0 radical (unpaired) electrons. The Morgan fingerprint density at radius 3 is 2.58 bits per heavy atom. The van der Waals surface area contributed by atoms with Gasteiger partial charge in [0, 0.05) is 13.1 Å². The van der Waals surface area contributed by atoms with Gasteiger partial charge in [0.15, 0.2) is 0 Å². The zero-order valence-corrected chi connectivity index (χ0v) is 15.5. The number of carboxylic acid groups (broad SMARTS) is 1. The van der Waals surface area contributed by atoms with Gasteiger partial charge < -0.3 is 15.3 Å². The van der Waals surface area contributed by atoms with Gasteiger partial charge in [-0.05, 0) is 24.3 Å². The lowest BCUT2D eigenvalue weighted by Gasteiger charge is -2.33. The van der Waals surface area contributed by atoms with Crippen LogP contribution in [0, 0.1) is 11.8 Å². The van der Waals surface area contributed by atoms with Crippen LogP contribution in [0.4, 0.5) is 0 Å². The Bertz CT molecular complexity index is 632. The maximum atomic E-state index is 12.5. The molecule has 2 N–H and O–H groups in total. The summed E-state index contributed by atoms with van der Waals surface area (Å²) in [6, 6.07) is 8.64. The molecule has 1 aromatic rings. The molecule has 0 aromatic heterocycles. The highest BCUT2D eigenvalue weighted by Crippen LogP contribution is 2.19. The lowest BCUT2D eigenvalue weighted by Crippen LogP contribution is -2.51. The van der Waals surface area contributed by atoms with Crippen molar-refractivity contribution in [1.29, 1.82) is 0 Å². The van der Waals surface area contributed by atoms with Crippen molar-refractivity contribution in [1.82, 2.24) is 10.2 Å². The van der Waals surface area contributed by atoms with Crippen molar-refractivity contribution >= 4 is 17.8 Å². The van der Waals surface area contributed by atoms with Gasteiger partial charge in [-0.1, -0.05) is 50.6 Å². The van der Waals surface area contributed by atoms with Crippen LogP contribution in [0.1, 0.15) is 38.7 Å². The van der Waals surface area contributed by atoms with Crippen molar-refractivity contribution in [3.05, 3.63) is 35.9 Å². The SMILES string of the molecule is CCC(C)C(NC(=O)C1CCCN(C(=O)Cc2ccccc2)C1)C(=O)O. The number of nitrogens with one attached hydrogen (secondary N) is 1. The van der Waals surface area contributed by atoms with Crippen molar-refractivity contribution < 1.29 is 19.5 Å². The van der Waals surface area contributed by atoms with Crippen LogP contribution in [0.3, 0.4) is 0 Å². The molecule has 142 valence electrons. The maximum Gasteiger partial charge on any atom is 0.326 e. The zero-order valence-electron chi connectivity index (χ0n) is 15.5. The van der Waals surface area contributed by atoms with E-state index >= 15 is 0 Å². The van der Waals surface area contributed by atoms with Gasteiger partial charge in [-0.25, -0.2) is 4.79 Å². The molecule has 2 amide bonds. The minimum absolute atomic E-state index is 0.00501. The maximum absolute atomic E-state index is 12.5. The number of aliphatic carboxylic acids is 1. The summed E-state index contributed by atoms with van der Waals surface area (Å²) in [5.41, 5.74) is 0.951. The highest BCUT2D eigenvalue weighted by molar-refractivity contribution is 5.86. The fraction of sp³-hybridized carbons (Fsp3) is 0.550. The van der Waals surface area contributed by atoms with E-state index in [2.05, 4.69) is 5.32 Å². The highest BCUT2D eigenvalue weighted by atomic mass is 16.4. The van der Waals surface area contributed by atoms with E-state index in [9.17, 15) is 19.5 Å². The first-order chi connectivity index (χ1) is 12.4. The van der Waals surface area contributed by atoms with Gasteiger partial charge in [0.2, 0.25) is 11.8 Å². The van der Waals surface area contributed by atoms with Gasteiger partial charge >= 0.3 is 5.97 Å². The van der Waals surface area contributed by atoms with E-state index in [-0.39, 0.29) is 23.7 Å². The molecular weight excluding hydrogens is 332 g/mol. The summed E-state index contributed by atoms with van der Waals surface area (Å²) in [5, 5.41) is 12.0. The van der Waals surface area contributed by atoms with Crippen LogP contribution in [0.5, 0.6) is 0 Å². The molecule has 3 unspecified atom stereocenters. The smallest absolute Gasteiger partial charge is 0.326 e. The minimum Gasteiger partial charge on any atom is -0.480 e. The first-order valence-corrected chi connectivity index (χ1v) is 9.27. The van der Waals surface area contributed by atoms with Crippen molar-refractivity contribution in [2.45, 2.75) is 45.6 Å². The van der Waals surface area contributed by atoms with E-state index in [1.165, 1.54) is 0 Å². The summed E-state index contributed by atoms with van der Waals surface area (Å²) in [7, 11) is 0. The molecule has 6 nitrogen and oxygen atoms in total. The summed E-state index contributed by atoms with van der Waals surface area (Å²) in [6.07, 6.45) is 2.41. The summed E-state index contributed by atoms with van der Waals surface area (Å²) in [5.74, 6) is -1.77. The number of rotatable bonds is 7. The summed E-state index contributed by atoms with van der Waals surface area (Å²) >= 11 is 0. The second-order valence-electron chi connectivity index (χ2n) is 7.05. The fourth-order valence-corrected chi connectivity index (χ4v) is 3.25. The molecule has 6 heteroatoms. The van der Waals surface area contributed by atoms with Crippen LogP contribution < -0.4 is 5.32 Å². The molecule has 3 atom stereocenters. The van der Waals surface area contributed by atoms with E-state index in [4.69, 9.17) is 0 Å². The van der Waals surface area contributed by atoms with Gasteiger partial charge in [0.05, 0.1) is 12.3 Å². The number of hydrogen-bond donors (Lipinski definition) is 2. The predicted molar refractivity (Wildman–Crippen MR) is 98.5 cm³/mol. The van der Waals surface area contributed by atoms with E-state index in [0.717, 1.165) is 12.0 Å². The monoisotopic (exact) mass is 360 g/mol. The molecule has 0 saturated carbocycles. The number of carboxylic acids is 1. The van der Waals surface area contributed by atoms with E-state index in [0.29, 0.717) is 32.4 Å². The van der Waals surface area contributed by atoms with E-state index in [1.807, 2.05) is 44.2 Å². The Hall–Kier alpha value is -2.37. The molecule has 1 fully saturated rings. The van der Waals surface area contributed by atoms with Crippen LogP contribution in [0.15, 0.2) is 30.3 Å². The van der Waals surface area contributed by atoms with Crippen molar-refractivity contribution in [2.75, 3.05) is 13.1 Å². The number of nitrogens with zero attached hydrogens (tertiary/aromatic N) is 1. The average Bonchev–Trinajstić information content (AvgIpc) is 2.66. The number of benzene rings is 1. The van der Waals surface area contributed by atoms with Crippen molar-refractivity contribution in [3.8, 4) is 0 Å². The normalized spacial score (nSPS) is 19.5. The third kappa shape index (κ3) is 5.31. The summed E-state index contributed by atoms with van der Waals surface area (Å²) in [6.45, 7) is 4.71. The minimum atomic E-state index is -1.01. The largest absolute Gasteiger partial charge is 0.480 e. The highest BCUT2D eigenvalue weighted by Gasteiger charge is 2.32.